The van der Waals surface area contributed by atoms with Gasteiger partial charge in [-0.15, -0.1) is 0 Å². The van der Waals surface area contributed by atoms with Gasteiger partial charge in [0, 0.05) is 16.6 Å². The third-order valence-corrected chi connectivity index (χ3v) is 6.81. The SMILES string of the molecule is Cc1cc(Br)c2c(c1)Oc1ccccc1[C@]13C[C@@H]1[C@@H](C)CCCN23. The fourth-order valence-electron chi connectivity index (χ4n) is 5.07. The molecule has 2 aromatic carbocycles. The highest BCUT2D eigenvalue weighted by Crippen LogP contribution is 2.67. The van der Waals surface area contributed by atoms with Gasteiger partial charge in [0.05, 0.1) is 11.2 Å². The van der Waals surface area contributed by atoms with Crippen molar-refractivity contribution in [1.29, 1.82) is 0 Å². The Hall–Kier alpha value is -1.48. The Morgan fingerprint density at radius 3 is 2.92 bits per heavy atom. The molecule has 124 valence electrons. The van der Waals surface area contributed by atoms with E-state index in [9.17, 15) is 0 Å². The molecule has 3 atom stereocenters. The summed E-state index contributed by atoms with van der Waals surface area (Å²) in [6.45, 7) is 5.67. The fourth-order valence-corrected chi connectivity index (χ4v) is 5.84. The largest absolute Gasteiger partial charge is 0.455 e. The Kier molecular flexibility index (Phi) is 3.10. The molecule has 1 aliphatic carbocycles. The summed E-state index contributed by atoms with van der Waals surface area (Å²) in [5, 5.41) is 0. The summed E-state index contributed by atoms with van der Waals surface area (Å²) < 4.78 is 7.61. The lowest BCUT2D eigenvalue weighted by molar-refractivity contribution is 0.440. The van der Waals surface area contributed by atoms with Gasteiger partial charge in [0.2, 0.25) is 0 Å². The van der Waals surface area contributed by atoms with Crippen LogP contribution in [0.4, 0.5) is 5.69 Å². The van der Waals surface area contributed by atoms with Gasteiger partial charge in [-0.25, -0.2) is 0 Å². The number of para-hydroxylation sites is 1. The number of nitrogens with zero attached hydrogens (tertiary/aromatic N) is 1. The second-order valence-corrected chi connectivity index (χ2v) is 8.55. The van der Waals surface area contributed by atoms with Crippen LogP contribution in [0.25, 0.3) is 0 Å². The quantitative estimate of drug-likeness (QED) is 0.551. The summed E-state index contributed by atoms with van der Waals surface area (Å²) in [5.41, 5.74) is 3.97. The molecule has 24 heavy (non-hydrogen) atoms. The fraction of sp³-hybridized carbons (Fsp3) is 0.429. The molecule has 0 amide bonds. The Morgan fingerprint density at radius 1 is 1.21 bits per heavy atom. The summed E-state index contributed by atoms with van der Waals surface area (Å²) >= 11 is 3.84. The van der Waals surface area contributed by atoms with E-state index in [1.165, 1.54) is 36.1 Å². The Bertz CT molecular complexity index is 833. The molecule has 5 rings (SSSR count). The molecule has 1 saturated carbocycles. The van der Waals surface area contributed by atoms with Gasteiger partial charge in [-0.3, -0.25) is 0 Å². The Balaban J connectivity index is 1.81. The van der Waals surface area contributed by atoms with E-state index in [-0.39, 0.29) is 5.54 Å². The summed E-state index contributed by atoms with van der Waals surface area (Å²) in [6.07, 6.45) is 3.82. The number of aryl methyl sites for hydroxylation is 1. The summed E-state index contributed by atoms with van der Waals surface area (Å²) in [4.78, 5) is 2.66. The summed E-state index contributed by atoms with van der Waals surface area (Å²) in [6, 6.07) is 13.1. The third-order valence-electron chi connectivity index (χ3n) is 6.21. The van der Waals surface area contributed by atoms with Crippen molar-refractivity contribution in [3.63, 3.8) is 0 Å². The lowest BCUT2D eigenvalue weighted by atomic mass is 9.93. The van der Waals surface area contributed by atoms with E-state index in [1.54, 1.807) is 0 Å². The maximum Gasteiger partial charge on any atom is 0.152 e. The molecule has 0 aromatic heterocycles. The number of fused-ring (bicyclic) bond motifs is 3. The summed E-state index contributed by atoms with van der Waals surface area (Å²) in [7, 11) is 0. The van der Waals surface area contributed by atoms with E-state index in [1.807, 2.05) is 0 Å². The van der Waals surface area contributed by atoms with Crippen LogP contribution in [0.5, 0.6) is 11.5 Å². The molecule has 0 radical (unpaired) electrons. The molecule has 0 bridgehead atoms. The maximum absolute atomic E-state index is 6.45. The van der Waals surface area contributed by atoms with E-state index in [0.29, 0.717) is 0 Å². The third kappa shape index (κ3) is 1.88. The predicted molar refractivity (Wildman–Crippen MR) is 101 cm³/mol. The molecule has 2 nitrogen and oxygen atoms in total. The highest BCUT2D eigenvalue weighted by Gasteiger charge is 2.64. The second kappa shape index (κ2) is 5.01. The molecule has 2 aliphatic heterocycles. The van der Waals surface area contributed by atoms with Crippen LogP contribution in [0.2, 0.25) is 0 Å². The van der Waals surface area contributed by atoms with E-state index >= 15 is 0 Å². The minimum absolute atomic E-state index is 0.121. The molecule has 2 aromatic rings. The van der Waals surface area contributed by atoms with Crippen molar-refractivity contribution < 1.29 is 4.74 Å². The van der Waals surface area contributed by atoms with Crippen molar-refractivity contribution >= 4 is 21.6 Å². The topological polar surface area (TPSA) is 12.5 Å². The molecule has 0 N–H and O–H groups in total. The lowest BCUT2D eigenvalue weighted by Gasteiger charge is -2.34. The van der Waals surface area contributed by atoms with Crippen molar-refractivity contribution in [1.82, 2.24) is 0 Å². The van der Waals surface area contributed by atoms with Crippen LogP contribution < -0.4 is 9.64 Å². The number of hydrogen-bond acceptors (Lipinski definition) is 2. The van der Waals surface area contributed by atoms with E-state index in [4.69, 9.17) is 4.74 Å². The molecular weight excluding hydrogens is 362 g/mol. The van der Waals surface area contributed by atoms with Crippen molar-refractivity contribution in [2.45, 2.75) is 38.6 Å². The number of ether oxygens (including phenoxy) is 1. The van der Waals surface area contributed by atoms with Gasteiger partial charge in [-0.1, -0.05) is 25.1 Å². The summed E-state index contributed by atoms with van der Waals surface area (Å²) in [5.74, 6) is 3.53. The first kappa shape index (κ1) is 14.8. The van der Waals surface area contributed by atoms with E-state index < -0.39 is 0 Å². The molecule has 0 unspecified atom stereocenters. The van der Waals surface area contributed by atoms with Crippen LogP contribution in [0.1, 0.15) is 37.3 Å². The average molecular weight is 384 g/mol. The van der Waals surface area contributed by atoms with Crippen molar-refractivity contribution in [3.8, 4) is 11.5 Å². The standard InChI is InChI=1S/C21H22BrNO/c1-13-10-17(22)20-19(11-13)24-18-8-4-3-7-15(18)21-12-16(21)14(2)6-5-9-23(20)21/h3-4,7-8,10-11,14,16H,5-6,9,12H2,1-2H3/t14-,16+,21+/m0/s1. The minimum atomic E-state index is 0.121. The molecule has 2 heterocycles. The number of hydrogen-bond donors (Lipinski definition) is 0. The van der Waals surface area contributed by atoms with Crippen LogP contribution in [0.15, 0.2) is 40.9 Å². The molecule has 1 spiro atoms. The Morgan fingerprint density at radius 2 is 2.04 bits per heavy atom. The monoisotopic (exact) mass is 383 g/mol. The van der Waals surface area contributed by atoms with Gasteiger partial charge < -0.3 is 9.64 Å². The van der Waals surface area contributed by atoms with Gasteiger partial charge in [0.15, 0.2) is 5.75 Å². The Labute approximate surface area is 151 Å². The van der Waals surface area contributed by atoms with E-state index in [2.05, 4.69) is 71.1 Å². The van der Waals surface area contributed by atoms with Crippen molar-refractivity contribution in [2.75, 3.05) is 11.4 Å². The van der Waals surface area contributed by atoms with Crippen LogP contribution in [-0.2, 0) is 5.54 Å². The van der Waals surface area contributed by atoms with Crippen LogP contribution in [-0.4, -0.2) is 6.54 Å². The molecular formula is C21H22BrNO. The highest BCUT2D eigenvalue weighted by molar-refractivity contribution is 9.10. The molecule has 1 saturated heterocycles. The molecule has 2 fully saturated rings. The normalized spacial score (nSPS) is 30.0. The lowest BCUT2D eigenvalue weighted by Crippen LogP contribution is -2.37. The first-order valence-electron chi connectivity index (χ1n) is 8.96. The first-order chi connectivity index (χ1) is 11.6. The van der Waals surface area contributed by atoms with Gasteiger partial charge >= 0.3 is 0 Å². The van der Waals surface area contributed by atoms with Crippen LogP contribution in [0, 0.1) is 18.8 Å². The van der Waals surface area contributed by atoms with Gasteiger partial charge in [-0.2, -0.15) is 0 Å². The minimum Gasteiger partial charge on any atom is -0.455 e. The van der Waals surface area contributed by atoms with E-state index in [0.717, 1.165) is 34.4 Å². The van der Waals surface area contributed by atoms with Crippen LogP contribution >= 0.6 is 15.9 Å². The zero-order chi connectivity index (χ0) is 16.5. The van der Waals surface area contributed by atoms with Crippen LogP contribution in [0.3, 0.4) is 0 Å². The number of rotatable bonds is 0. The number of anilines is 1. The number of halogens is 1. The highest BCUT2D eigenvalue weighted by atomic mass is 79.9. The average Bonchev–Trinajstić information content (AvgIpc) is 3.30. The smallest absolute Gasteiger partial charge is 0.152 e. The number of benzene rings is 2. The zero-order valence-corrected chi connectivity index (χ0v) is 15.8. The first-order valence-corrected chi connectivity index (χ1v) is 9.76. The second-order valence-electron chi connectivity index (χ2n) is 7.70. The maximum atomic E-state index is 6.45. The molecule has 3 aliphatic rings. The van der Waals surface area contributed by atoms with Gasteiger partial charge in [-0.05, 0) is 77.7 Å². The zero-order valence-electron chi connectivity index (χ0n) is 14.2. The van der Waals surface area contributed by atoms with Gasteiger partial charge in [0.1, 0.15) is 5.75 Å². The van der Waals surface area contributed by atoms with Crippen molar-refractivity contribution in [2.24, 2.45) is 11.8 Å². The van der Waals surface area contributed by atoms with Gasteiger partial charge in [0.25, 0.3) is 0 Å². The van der Waals surface area contributed by atoms with Crippen molar-refractivity contribution in [3.05, 3.63) is 52.0 Å². The predicted octanol–water partition coefficient (Wildman–Crippen LogP) is 6.01. The molecule has 3 heteroatoms.